The summed E-state index contributed by atoms with van der Waals surface area (Å²) in [4.78, 5) is 9.63. The zero-order chi connectivity index (χ0) is 65.2. The molecule has 96 heavy (non-hydrogen) atoms. The summed E-state index contributed by atoms with van der Waals surface area (Å²) in [6.07, 6.45) is 8.87. The second kappa shape index (κ2) is 26.2. The fourth-order valence-corrected chi connectivity index (χ4v) is 13.2. The van der Waals surface area contributed by atoms with Crippen molar-refractivity contribution in [2.24, 2.45) is 0 Å². The molecule has 0 aromatic heterocycles. The molecule has 0 amide bonds. The Morgan fingerprint density at radius 2 is 0.333 bits per heavy atom. The van der Waals surface area contributed by atoms with Crippen molar-refractivity contribution < 1.29 is 0 Å². The molecule has 15 aromatic rings. The van der Waals surface area contributed by atoms with Crippen molar-refractivity contribution in [3.05, 3.63) is 371 Å². The normalized spacial score (nSPS) is 11.6. The average molecular weight is 1240 g/mol. The molecule has 0 aliphatic carbocycles. The molecule has 0 heterocycles. The van der Waals surface area contributed by atoms with Gasteiger partial charge in [-0.2, -0.15) is 0 Å². The molecule has 0 bridgehead atoms. The van der Waals surface area contributed by atoms with Gasteiger partial charge >= 0.3 is 0 Å². The van der Waals surface area contributed by atoms with Gasteiger partial charge in [-0.3, -0.25) is 0 Å². The SMILES string of the molecule is Cc1ccc(N(c2ccc(C)cc2)c2ccc(/C=C/c3ccc(N(c4ccc(C)cc4)c4c5cc6ccccc6cc5c(N(c5ccc(C)cc5)c5ccc(/C=C/c6ccc(N(c7ccc(C)cc7)c7ccc(C)cc7)cc6)cc5)c5cc6ccccc6cc45)cc3)cc2)cc1. The number of rotatable bonds is 16. The second-order valence-electron chi connectivity index (χ2n) is 25.6. The number of aryl methyl sites for hydroxylation is 6. The minimum atomic E-state index is 1.06. The maximum Gasteiger partial charge on any atom is 0.0620 e. The number of fused-ring (bicyclic) bond motifs is 4. The Bertz CT molecular complexity index is 4800. The van der Waals surface area contributed by atoms with Gasteiger partial charge in [0.1, 0.15) is 0 Å². The summed E-state index contributed by atoms with van der Waals surface area (Å²) in [6, 6.07) is 116. The van der Waals surface area contributed by atoms with Gasteiger partial charge in [0.25, 0.3) is 0 Å². The van der Waals surface area contributed by atoms with Gasteiger partial charge in [-0.05, 0) is 231 Å². The summed E-state index contributed by atoms with van der Waals surface area (Å²) in [5.74, 6) is 0. The van der Waals surface area contributed by atoms with Crippen molar-refractivity contribution in [2.45, 2.75) is 41.5 Å². The molecule has 4 heteroatoms. The molecule has 0 saturated carbocycles. The van der Waals surface area contributed by atoms with Crippen molar-refractivity contribution >= 4 is 136 Å². The maximum atomic E-state index is 2.49. The van der Waals surface area contributed by atoms with Crippen molar-refractivity contribution in [3.8, 4) is 0 Å². The first kappa shape index (κ1) is 60.3. The summed E-state index contributed by atoms with van der Waals surface area (Å²) in [5, 5.41) is 9.28. The van der Waals surface area contributed by atoms with Crippen LogP contribution in [0.2, 0.25) is 0 Å². The fraction of sp³-hybridized carbons (Fsp3) is 0.0652. The van der Waals surface area contributed by atoms with Gasteiger partial charge in [0.2, 0.25) is 0 Å². The van der Waals surface area contributed by atoms with Crippen LogP contribution in [0, 0.1) is 41.5 Å². The lowest BCUT2D eigenvalue weighted by molar-refractivity contribution is 1.27. The van der Waals surface area contributed by atoms with E-state index < -0.39 is 0 Å². The van der Waals surface area contributed by atoms with Crippen LogP contribution in [0.3, 0.4) is 0 Å². The Morgan fingerprint density at radius 3 is 0.510 bits per heavy atom. The van der Waals surface area contributed by atoms with Crippen LogP contribution in [0.5, 0.6) is 0 Å². The molecule has 0 aliphatic rings. The fourth-order valence-electron chi connectivity index (χ4n) is 13.2. The minimum Gasteiger partial charge on any atom is -0.311 e. The van der Waals surface area contributed by atoms with E-state index in [-0.39, 0.29) is 0 Å². The molecule has 0 radical (unpaired) electrons. The van der Waals surface area contributed by atoms with E-state index in [9.17, 15) is 0 Å². The molecular formula is C92H74N4. The quantitative estimate of drug-likeness (QED) is 0.0543. The number of anilines is 12. The molecule has 15 aromatic carbocycles. The number of hydrogen-bond donors (Lipinski definition) is 0. The highest BCUT2D eigenvalue weighted by Crippen LogP contribution is 2.53. The van der Waals surface area contributed by atoms with Crippen LogP contribution >= 0.6 is 0 Å². The van der Waals surface area contributed by atoms with Gasteiger partial charge in [-0.25, -0.2) is 0 Å². The maximum absolute atomic E-state index is 2.49. The van der Waals surface area contributed by atoms with Crippen molar-refractivity contribution in [3.63, 3.8) is 0 Å². The molecule has 0 atom stereocenters. The first-order valence-electron chi connectivity index (χ1n) is 33.2. The standard InChI is InChI=1S/C92H74N4/c1-63-15-39-77(40-16-63)93(78-41-17-64(2)18-42-78)81-51-31-69(32-52-81)27-29-71-35-55-85(56-36-71)95(83-47-23-67(5)24-48-83)91-87-59-73-11-7-9-13-75(73)61-89(87)92(90-62-76-14-10-8-12-74(76)60-88(90)91)96(84-49-25-68(6)26-50-84)86-57-37-72(38-58-86)30-28-70-33-53-82(54-34-70)94(79-43-19-65(3)20-44-79)80-45-21-66(4)22-46-80/h7-62H,1-6H3/b29-27+,30-28+. The Hall–Kier alpha value is -12.0. The monoisotopic (exact) mass is 1230 g/mol. The molecule has 0 saturated heterocycles. The lowest BCUT2D eigenvalue weighted by Gasteiger charge is -2.33. The lowest BCUT2D eigenvalue weighted by atomic mass is 9.91. The highest BCUT2D eigenvalue weighted by molar-refractivity contribution is 6.27. The highest BCUT2D eigenvalue weighted by Gasteiger charge is 2.27. The van der Waals surface area contributed by atoms with Crippen molar-refractivity contribution in [1.82, 2.24) is 0 Å². The van der Waals surface area contributed by atoms with Crippen LogP contribution in [0.1, 0.15) is 55.6 Å². The molecule has 0 aliphatic heterocycles. The minimum absolute atomic E-state index is 1.06. The van der Waals surface area contributed by atoms with Crippen molar-refractivity contribution in [2.75, 3.05) is 19.6 Å². The van der Waals surface area contributed by atoms with Gasteiger partial charge in [0, 0.05) is 78.4 Å². The second-order valence-corrected chi connectivity index (χ2v) is 25.6. The number of benzene rings is 15. The summed E-state index contributed by atoms with van der Waals surface area (Å²) < 4.78 is 0. The molecule has 0 fully saturated rings. The van der Waals surface area contributed by atoms with Gasteiger partial charge in [-0.15, -0.1) is 0 Å². The third kappa shape index (κ3) is 12.4. The third-order valence-electron chi connectivity index (χ3n) is 18.5. The van der Waals surface area contributed by atoms with Gasteiger partial charge in [-0.1, -0.05) is 228 Å². The van der Waals surface area contributed by atoms with Gasteiger partial charge in [0.15, 0.2) is 0 Å². The largest absolute Gasteiger partial charge is 0.311 e. The van der Waals surface area contributed by atoms with Crippen LogP contribution in [-0.4, -0.2) is 0 Å². The van der Waals surface area contributed by atoms with Crippen LogP contribution in [0.4, 0.5) is 68.2 Å². The summed E-state index contributed by atoms with van der Waals surface area (Å²) >= 11 is 0. The van der Waals surface area contributed by atoms with Gasteiger partial charge in [0.05, 0.1) is 11.4 Å². The molecule has 4 nitrogen and oxygen atoms in total. The molecule has 0 N–H and O–H groups in total. The predicted molar refractivity (Wildman–Crippen MR) is 414 cm³/mol. The zero-order valence-corrected chi connectivity index (χ0v) is 55.1. The Labute approximate surface area is 564 Å². The van der Waals surface area contributed by atoms with Crippen molar-refractivity contribution in [1.29, 1.82) is 0 Å². The van der Waals surface area contributed by atoms with E-state index in [0.717, 1.165) is 112 Å². The molecule has 462 valence electrons. The topological polar surface area (TPSA) is 13.0 Å². The summed E-state index contributed by atoms with van der Waals surface area (Å²) in [7, 11) is 0. The average Bonchev–Trinajstić information content (AvgIpc) is 0.712. The van der Waals surface area contributed by atoms with E-state index in [1.165, 1.54) is 54.9 Å². The Kier molecular flexibility index (Phi) is 16.4. The summed E-state index contributed by atoms with van der Waals surface area (Å²) in [6.45, 7) is 12.9. The van der Waals surface area contributed by atoms with Gasteiger partial charge < -0.3 is 19.6 Å². The molecule has 0 spiro atoms. The lowest BCUT2D eigenvalue weighted by Crippen LogP contribution is -2.15. The zero-order valence-electron chi connectivity index (χ0n) is 55.1. The summed E-state index contributed by atoms with van der Waals surface area (Å²) in [5.41, 5.74) is 25.1. The molecule has 15 rings (SSSR count). The molecule has 0 unspecified atom stereocenters. The van der Waals surface area contributed by atoms with E-state index >= 15 is 0 Å². The van der Waals surface area contributed by atoms with E-state index in [4.69, 9.17) is 0 Å². The first-order chi connectivity index (χ1) is 47.0. The smallest absolute Gasteiger partial charge is 0.0620 e. The number of nitrogens with zero attached hydrogens (tertiary/aromatic N) is 4. The first-order valence-corrected chi connectivity index (χ1v) is 33.2. The van der Waals surface area contributed by atoms with E-state index in [2.05, 4.69) is 401 Å². The van der Waals surface area contributed by atoms with E-state index in [0.29, 0.717) is 0 Å². The van der Waals surface area contributed by atoms with Crippen LogP contribution in [0.15, 0.2) is 315 Å². The predicted octanol–water partition coefficient (Wildman–Crippen LogP) is 26.4. The Balaban J connectivity index is 0.825. The van der Waals surface area contributed by atoms with Crippen LogP contribution in [0.25, 0.3) is 67.4 Å². The third-order valence-corrected chi connectivity index (χ3v) is 18.5. The molecular weight excluding hydrogens is 1160 g/mol. The van der Waals surface area contributed by atoms with E-state index in [1.807, 2.05) is 0 Å². The van der Waals surface area contributed by atoms with E-state index in [1.54, 1.807) is 0 Å². The highest BCUT2D eigenvalue weighted by atomic mass is 15.2. The van der Waals surface area contributed by atoms with Crippen LogP contribution < -0.4 is 19.6 Å². The number of hydrogen-bond acceptors (Lipinski definition) is 4. The van der Waals surface area contributed by atoms with Crippen LogP contribution in [-0.2, 0) is 0 Å². The Morgan fingerprint density at radius 1 is 0.177 bits per heavy atom.